The number of aryl methyl sites for hydroxylation is 2. The standard InChI is InChI=1S/C8H11.C8H12.ClH.Ru/c1-6-4-5-7(2)8(6)3;1-2-4-6-8-7-5-3-1;;/h4-5H,1-3H3;1-2,7-8H,3-6H2;1H;/q-1;;;+2/p-1/b;2-1-,8-7-;;. The molecule has 0 heterocycles. The fourth-order valence-electron chi connectivity index (χ4n) is 1.67. The summed E-state index contributed by atoms with van der Waals surface area (Å²) in [6.07, 6.45) is 14.0. The zero-order chi connectivity index (χ0) is 13.8. The van der Waals surface area contributed by atoms with Crippen LogP contribution in [0.1, 0.15) is 42.4 Å². The molecule has 1 aliphatic rings. The molecule has 0 nitrogen and oxygen atoms in total. The van der Waals surface area contributed by atoms with E-state index in [1.807, 2.05) is 17.3 Å². The van der Waals surface area contributed by atoms with Gasteiger partial charge in [0.15, 0.2) is 0 Å². The van der Waals surface area contributed by atoms with Crippen molar-refractivity contribution in [3.05, 3.63) is 53.1 Å². The Morgan fingerprint density at radius 3 is 1.50 bits per heavy atom. The van der Waals surface area contributed by atoms with Crippen molar-refractivity contribution in [1.82, 2.24) is 0 Å². The van der Waals surface area contributed by atoms with Crippen LogP contribution in [0, 0.1) is 20.8 Å². The minimum absolute atomic E-state index is 1.23. The van der Waals surface area contributed by atoms with E-state index in [4.69, 9.17) is 0 Å². The number of rotatable bonds is 0. The van der Waals surface area contributed by atoms with Crippen molar-refractivity contribution in [3.8, 4) is 0 Å². The van der Waals surface area contributed by atoms with Gasteiger partial charge in [-0.2, -0.15) is 22.8 Å². The zero-order valence-corrected chi connectivity index (χ0v) is 14.0. The Kier molecular flexibility index (Phi) is 11.6. The Bertz CT molecular complexity index is 316. The molecule has 0 bridgehead atoms. The molecule has 102 valence electrons. The molecule has 0 fully saturated rings. The molecule has 0 saturated carbocycles. The molecule has 0 aromatic heterocycles. The summed E-state index contributed by atoms with van der Waals surface area (Å²) in [6, 6.07) is 4.31. The van der Waals surface area contributed by atoms with Crippen LogP contribution in [0.2, 0.25) is 0 Å². The quantitative estimate of drug-likeness (QED) is 0.320. The number of hydrogen-bond acceptors (Lipinski definition) is 0. The first-order valence-corrected chi connectivity index (χ1v) is 8.58. The predicted molar refractivity (Wildman–Crippen MR) is 78.8 cm³/mol. The first-order valence-electron chi connectivity index (χ1n) is 6.34. The molecule has 0 amide bonds. The third-order valence-corrected chi connectivity index (χ3v) is 3.10. The Morgan fingerprint density at radius 1 is 0.944 bits per heavy atom. The fourth-order valence-corrected chi connectivity index (χ4v) is 1.67. The van der Waals surface area contributed by atoms with Crippen LogP contribution in [0.3, 0.4) is 0 Å². The average Bonchev–Trinajstić information content (AvgIpc) is 2.63. The van der Waals surface area contributed by atoms with Crippen LogP contribution in [-0.4, -0.2) is 0 Å². The first-order chi connectivity index (χ1) is 8.72. The molecule has 18 heavy (non-hydrogen) atoms. The van der Waals surface area contributed by atoms with Gasteiger partial charge in [-0.25, -0.2) is 6.07 Å². The number of hydrogen-bond donors (Lipinski definition) is 0. The second kappa shape index (κ2) is 11.8. The summed E-state index contributed by atoms with van der Waals surface area (Å²) in [7, 11) is 4.57. The number of allylic oxidation sites excluding steroid dienone is 4. The van der Waals surface area contributed by atoms with E-state index in [-0.39, 0.29) is 0 Å². The van der Waals surface area contributed by atoms with E-state index < -0.39 is 0 Å². The van der Waals surface area contributed by atoms with E-state index >= 15 is 0 Å². The molecule has 1 aromatic rings. The van der Waals surface area contributed by atoms with Crippen LogP contribution in [0.5, 0.6) is 0 Å². The topological polar surface area (TPSA) is 0 Å². The number of halogens is 1. The van der Waals surface area contributed by atoms with Crippen molar-refractivity contribution in [2.75, 3.05) is 0 Å². The summed E-state index contributed by atoms with van der Waals surface area (Å²) in [4.78, 5) is 0. The summed E-state index contributed by atoms with van der Waals surface area (Å²) < 4.78 is 0. The third-order valence-electron chi connectivity index (χ3n) is 3.10. The normalized spacial score (nSPS) is 17.2. The fraction of sp³-hybridized carbons (Fsp3) is 0.438. The van der Waals surface area contributed by atoms with Gasteiger partial charge in [-0.15, -0.1) is 0 Å². The summed E-state index contributed by atoms with van der Waals surface area (Å²) in [5, 5.41) is 0. The molecule has 0 unspecified atom stereocenters. The van der Waals surface area contributed by atoms with E-state index in [0.717, 1.165) is 0 Å². The van der Waals surface area contributed by atoms with E-state index in [9.17, 15) is 0 Å². The van der Waals surface area contributed by atoms with Crippen molar-refractivity contribution < 1.29 is 17.3 Å². The Morgan fingerprint density at radius 2 is 1.33 bits per heavy atom. The van der Waals surface area contributed by atoms with Gasteiger partial charge in [-0.05, 0) is 25.7 Å². The van der Waals surface area contributed by atoms with Crippen LogP contribution in [-0.2, 0) is 17.3 Å². The maximum absolute atomic E-state index is 4.57. The Labute approximate surface area is 126 Å². The maximum atomic E-state index is 4.57. The summed E-state index contributed by atoms with van der Waals surface area (Å²) in [5.74, 6) is 0. The van der Waals surface area contributed by atoms with Crippen LogP contribution >= 0.6 is 9.69 Å². The zero-order valence-electron chi connectivity index (χ0n) is 11.5. The van der Waals surface area contributed by atoms with Crippen molar-refractivity contribution in [2.45, 2.75) is 46.5 Å². The molecule has 1 aliphatic carbocycles. The van der Waals surface area contributed by atoms with Gasteiger partial charge in [-0.1, -0.05) is 45.1 Å². The van der Waals surface area contributed by atoms with Gasteiger partial charge in [0.25, 0.3) is 0 Å². The summed E-state index contributed by atoms with van der Waals surface area (Å²) in [6.45, 7) is 6.44. The third kappa shape index (κ3) is 7.95. The van der Waals surface area contributed by atoms with E-state index in [0.29, 0.717) is 0 Å². The monoisotopic (exact) mass is 352 g/mol. The second-order valence-corrected chi connectivity index (χ2v) is 4.42. The van der Waals surface area contributed by atoms with Gasteiger partial charge >= 0.3 is 27.0 Å². The van der Waals surface area contributed by atoms with Crippen molar-refractivity contribution >= 4 is 9.69 Å². The van der Waals surface area contributed by atoms with Gasteiger partial charge in [0.2, 0.25) is 0 Å². The van der Waals surface area contributed by atoms with Gasteiger partial charge in [-0.3, -0.25) is 0 Å². The molecule has 1 aromatic carbocycles. The summed E-state index contributed by atoms with van der Waals surface area (Å²) in [5.41, 5.74) is 4.25. The van der Waals surface area contributed by atoms with Gasteiger partial charge in [0, 0.05) is 0 Å². The van der Waals surface area contributed by atoms with Crippen LogP contribution in [0.25, 0.3) is 0 Å². The molecule has 0 saturated heterocycles. The Balaban J connectivity index is 0.000000283. The first kappa shape index (κ1) is 17.7. The molecular formula is C16H23ClRu. The van der Waals surface area contributed by atoms with Crippen molar-refractivity contribution in [2.24, 2.45) is 0 Å². The van der Waals surface area contributed by atoms with Crippen LogP contribution in [0.15, 0.2) is 36.4 Å². The molecule has 2 heteroatoms. The average molecular weight is 352 g/mol. The predicted octanol–water partition coefficient (Wildman–Crippen LogP) is 5.69. The molecule has 0 spiro atoms. The SMILES string of the molecule is C1=C\CC/C=C\CC/1.Cc1cc[c-](C)c1C.[Cl][Ru+]. The van der Waals surface area contributed by atoms with Crippen molar-refractivity contribution in [3.63, 3.8) is 0 Å². The van der Waals surface area contributed by atoms with Crippen LogP contribution < -0.4 is 0 Å². The summed E-state index contributed by atoms with van der Waals surface area (Å²) >= 11 is 1.82. The second-order valence-electron chi connectivity index (χ2n) is 4.42. The molecule has 2 rings (SSSR count). The van der Waals surface area contributed by atoms with E-state index in [1.54, 1.807) is 0 Å². The minimum atomic E-state index is 1.23. The van der Waals surface area contributed by atoms with E-state index in [2.05, 4.69) is 66.9 Å². The van der Waals surface area contributed by atoms with Crippen molar-refractivity contribution in [1.29, 1.82) is 0 Å². The van der Waals surface area contributed by atoms with E-state index in [1.165, 1.54) is 42.4 Å². The Hall–Kier alpha value is -0.257. The van der Waals surface area contributed by atoms with Gasteiger partial charge in [0.05, 0.1) is 0 Å². The van der Waals surface area contributed by atoms with Crippen LogP contribution in [0.4, 0.5) is 0 Å². The molecule has 0 aliphatic heterocycles. The molecule has 0 radical (unpaired) electrons. The molecule has 0 N–H and O–H groups in total. The van der Waals surface area contributed by atoms with Gasteiger partial charge < -0.3 is 0 Å². The molecular weight excluding hydrogens is 329 g/mol. The molecule has 0 atom stereocenters. The van der Waals surface area contributed by atoms with Gasteiger partial charge in [0.1, 0.15) is 0 Å².